The highest BCUT2D eigenvalue weighted by molar-refractivity contribution is 5.85. The summed E-state index contributed by atoms with van der Waals surface area (Å²) < 4.78 is 5.69. The average molecular weight is 479 g/mol. The summed E-state index contributed by atoms with van der Waals surface area (Å²) in [5.74, 6) is -1.79. The Bertz CT molecular complexity index is 1060. The van der Waals surface area contributed by atoms with Crippen molar-refractivity contribution in [1.82, 2.24) is 10.2 Å². The van der Waals surface area contributed by atoms with Crippen molar-refractivity contribution in [3.8, 4) is 11.1 Å². The smallest absolute Gasteiger partial charge is 0.407 e. The molecule has 0 aliphatic heterocycles. The van der Waals surface area contributed by atoms with Crippen LogP contribution in [0.25, 0.3) is 11.1 Å². The van der Waals surface area contributed by atoms with Gasteiger partial charge in [-0.3, -0.25) is 9.59 Å². The van der Waals surface area contributed by atoms with Crippen LogP contribution in [0.4, 0.5) is 4.79 Å². The summed E-state index contributed by atoms with van der Waals surface area (Å²) in [7, 11) is 0. The number of fused-ring (bicyclic) bond motifs is 3. The van der Waals surface area contributed by atoms with Gasteiger partial charge < -0.3 is 20.1 Å². The van der Waals surface area contributed by atoms with Gasteiger partial charge in [0.05, 0.1) is 5.92 Å². The molecule has 0 heterocycles. The summed E-state index contributed by atoms with van der Waals surface area (Å²) >= 11 is 0. The van der Waals surface area contributed by atoms with Crippen molar-refractivity contribution >= 4 is 18.0 Å². The number of alkyl carbamates (subject to hydrolysis) is 1. The van der Waals surface area contributed by atoms with Crippen LogP contribution in [0.2, 0.25) is 0 Å². The SMILES string of the molecule is CC(C)(C)N(CC(=O)O)C(=O)C1CCCCC1NC(=O)OCC1c2ccccc2-c2ccccc21. The van der Waals surface area contributed by atoms with Crippen LogP contribution in [0.15, 0.2) is 48.5 Å². The molecule has 0 saturated heterocycles. The van der Waals surface area contributed by atoms with E-state index >= 15 is 0 Å². The summed E-state index contributed by atoms with van der Waals surface area (Å²) in [5, 5.41) is 12.3. The Kier molecular flexibility index (Phi) is 7.15. The highest BCUT2D eigenvalue weighted by Crippen LogP contribution is 2.44. The fourth-order valence-electron chi connectivity index (χ4n) is 5.37. The third kappa shape index (κ3) is 5.34. The minimum atomic E-state index is -1.05. The number of ether oxygens (including phenoxy) is 1. The minimum Gasteiger partial charge on any atom is -0.480 e. The van der Waals surface area contributed by atoms with Gasteiger partial charge in [-0.25, -0.2) is 4.79 Å². The van der Waals surface area contributed by atoms with Crippen LogP contribution in [0.3, 0.4) is 0 Å². The Morgan fingerprint density at radius 2 is 1.54 bits per heavy atom. The Morgan fingerprint density at radius 3 is 2.11 bits per heavy atom. The molecule has 7 nitrogen and oxygen atoms in total. The number of nitrogens with zero attached hydrogens (tertiary/aromatic N) is 1. The number of carboxylic acid groups (broad SMARTS) is 1. The molecule has 35 heavy (non-hydrogen) atoms. The third-order valence-electron chi connectivity index (χ3n) is 7.10. The van der Waals surface area contributed by atoms with Crippen LogP contribution in [0.5, 0.6) is 0 Å². The Morgan fingerprint density at radius 1 is 0.971 bits per heavy atom. The van der Waals surface area contributed by atoms with Gasteiger partial charge in [-0.2, -0.15) is 0 Å². The van der Waals surface area contributed by atoms with Gasteiger partial charge in [0, 0.05) is 17.5 Å². The van der Waals surface area contributed by atoms with Crippen LogP contribution >= 0.6 is 0 Å². The number of hydrogen-bond acceptors (Lipinski definition) is 4. The van der Waals surface area contributed by atoms with Crippen LogP contribution in [0, 0.1) is 5.92 Å². The van der Waals surface area contributed by atoms with E-state index in [0.717, 1.165) is 35.1 Å². The summed E-state index contributed by atoms with van der Waals surface area (Å²) in [5.41, 5.74) is 3.97. The number of aliphatic carboxylic acids is 1. The Hall–Kier alpha value is -3.35. The topological polar surface area (TPSA) is 95.9 Å². The van der Waals surface area contributed by atoms with E-state index < -0.39 is 23.5 Å². The zero-order chi connectivity index (χ0) is 25.2. The van der Waals surface area contributed by atoms with Crippen LogP contribution in [-0.2, 0) is 14.3 Å². The quantitative estimate of drug-likeness (QED) is 0.622. The largest absolute Gasteiger partial charge is 0.480 e. The third-order valence-corrected chi connectivity index (χ3v) is 7.10. The number of hydrogen-bond donors (Lipinski definition) is 2. The number of carbonyl (C=O) groups excluding carboxylic acids is 2. The first kappa shape index (κ1) is 24.8. The monoisotopic (exact) mass is 478 g/mol. The Balaban J connectivity index is 1.43. The fraction of sp³-hybridized carbons (Fsp3) is 0.464. The van der Waals surface area contributed by atoms with Gasteiger partial charge in [0.1, 0.15) is 13.2 Å². The molecule has 2 amide bonds. The first-order chi connectivity index (χ1) is 16.7. The summed E-state index contributed by atoms with van der Waals surface area (Å²) in [6, 6.07) is 15.9. The predicted molar refractivity (Wildman–Crippen MR) is 133 cm³/mol. The van der Waals surface area contributed by atoms with Gasteiger partial charge in [-0.05, 0) is 55.9 Å². The van der Waals surface area contributed by atoms with Crippen LogP contribution in [-0.4, -0.2) is 52.7 Å². The zero-order valence-corrected chi connectivity index (χ0v) is 20.6. The van der Waals surface area contributed by atoms with E-state index in [-0.39, 0.29) is 31.0 Å². The lowest BCUT2D eigenvalue weighted by atomic mass is 9.82. The first-order valence-electron chi connectivity index (χ1n) is 12.3. The second-order valence-electron chi connectivity index (χ2n) is 10.5. The molecule has 2 atom stereocenters. The summed E-state index contributed by atoms with van der Waals surface area (Å²) in [4.78, 5) is 39.0. The van der Waals surface area contributed by atoms with Gasteiger partial charge in [0.15, 0.2) is 0 Å². The van der Waals surface area contributed by atoms with E-state index in [9.17, 15) is 19.5 Å². The fourth-order valence-corrected chi connectivity index (χ4v) is 5.37. The number of amides is 2. The van der Waals surface area contributed by atoms with E-state index in [2.05, 4.69) is 29.6 Å². The van der Waals surface area contributed by atoms with Crippen molar-refractivity contribution in [3.05, 3.63) is 59.7 Å². The van der Waals surface area contributed by atoms with Crippen LogP contribution < -0.4 is 5.32 Å². The molecular formula is C28H34N2O5. The molecule has 4 rings (SSSR count). The number of carbonyl (C=O) groups is 3. The molecule has 7 heteroatoms. The van der Waals surface area contributed by atoms with E-state index in [4.69, 9.17) is 4.74 Å². The second-order valence-corrected chi connectivity index (χ2v) is 10.5. The molecule has 2 N–H and O–H groups in total. The van der Waals surface area contributed by atoms with Gasteiger partial charge in [-0.15, -0.1) is 0 Å². The van der Waals surface area contributed by atoms with Crippen molar-refractivity contribution in [2.24, 2.45) is 5.92 Å². The number of carboxylic acids is 1. The molecule has 0 spiro atoms. The van der Waals surface area contributed by atoms with E-state index in [1.54, 1.807) is 0 Å². The van der Waals surface area contributed by atoms with Crippen molar-refractivity contribution in [2.75, 3.05) is 13.2 Å². The summed E-state index contributed by atoms with van der Waals surface area (Å²) in [6.07, 6.45) is 2.49. The molecule has 2 aliphatic carbocycles. The molecule has 1 saturated carbocycles. The van der Waals surface area contributed by atoms with Gasteiger partial charge in [-0.1, -0.05) is 61.4 Å². The predicted octanol–water partition coefficient (Wildman–Crippen LogP) is 4.80. The van der Waals surface area contributed by atoms with E-state index in [0.29, 0.717) is 12.8 Å². The zero-order valence-electron chi connectivity index (χ0n) is 20.6. The molecule has 2 aromatic rings. The van der Waals surface area contributed by atoms with Crippen LogP contribution in [0.1, 0.15) is 63.5 Å². The molecule has 1 fully saturated rings. The molecule has 0 radical (unpaired) electrons. The van der Waals surface area contributed by atoms with E-state index in [1.165, 1.54) is 4.90 Å². The molecule has 0 aromatic heterocycles. The molecule has 0 bridgehead atoms. The van der Waals surface area contributed by atoms with E-state index in [1.807, 2.05) is 45.0 Å². The minimum absolute atomic E-state index is 0.0381. The number of nitrogens with one attached hydrogen (secondary N) is 1. The summed E-state index contributed by atoms with van der Waals surface area (Å²) in [6.45, 7) is 5.31. The highest BCUT2D eigenvalue weighted by atomic mass is 16.5. The van der Waals surface area contributed by atoms with Crippen molar-refractivity contribution in [1.29, 1.82) is 0 Å². The lowest BCUT2D eigenvalue weighted by Crippen LogP contribution is -2.55. The maximum Gasteiger partial charge on any atom is 0.407 e. The van der Waals surface area contributed by atoms with Gasteiger partial charge in [0.25, 0.3) is 0 Å². The highest BCUT2D eigenvalue weighted by Gasteiger charge is 2.39. The average Bonchev–Trinajstić information content (AvgIpc) is 3.14. The lowest BCUT2D eigenvalue weighted by molar-refractivity contribution is -0.151. The second kappa shape index (κ2) is 10.1. The van der Waals surface area contributed by atoms with Gasteiger partial charge >= 0.3 is 12.1 Å². The molecular weight excluding hydrogens is 444 g/mol. The molecule has 2 aliphatic rings. The standard InChI is InChI=1S/C28H34N2O5/c1-28(2,3)30(16-25(31)32)26(33)22-14-8-9-15-24(22)29-27(34)35-17-23-20-12-6-4-10-18(20)19-11-5-7-13-21(19)23/h4-7,10-13,22-24H,8-9,14-17H2,1-3H3,(H,29,34)(H,31,32). The van der Waals surface area contributed by atoms with Crippen molar-refractivity contribution in [2.45, 2.75) is 64.0 Å². The molecule has 2 aromatic carbocycles. The Labute approximate surface area is 206 Å². The first-order valence-corrected chi connectivity index (χ1v) is 12.3. The van der Waals surface area contributed by atoms with Crippen molar-refractivity contribution < 1.29 is 24.2 Å². The lowest BCUT2D eigenvalue weighted by Gasteiger charge is -2.40. The molecule has 186 valence electrons. The maximum atomic E-state index is 13.4. The number of benzene rings is 2. The van der Waals surface area contributed by atoms with Gasteiger partial charge in [0.2, 0.25) is 5.91 Å². The normalized spacial score (nSPS) is 19.4. The maximum absolute atomic E-state index is 13.4. The molecule has 2 unspecified atom stereocenters. The van der Waals surface area contributed by atoms with Crippen molar-refractivity contribution in [3.63, 3.8) is 0 Å². The number of rotatable bonds is 6.